The Hall–Kier alpha value is -3.46. The molecule has 1 atom stereocenters. The largest absolute Gasteiger partial charge is 0.497 e. The van der Waals surface area contributed by atoms with Crippen molar-refractivity contribution in [2.75, 3.05) is 13.7 Å². The minimum Gasteiger partial charge on any atom is -0.497 e. The molecule has 1 aliphatic heterocycles. The standard InChI is InChI=1S/C19H19N3O6/c1-13-11-19(24,14-3-7-16(27-2)8-4-14)21(20-13)18(23)12-28-17-9-5-15(6-10-17)22(25)26/h3-10,24H,11-12H2,1-2H3/t19-/m1/s1. The minimum absolute atomic E-state index is 0.0766. The molecule has 0 radical (unpaired) electrons. The van der Waals surface area contributed by atoms with Crippen molar-refractivity contribution in [2.24, 2.45) is 5.10 Å². The van der Waals surface area contributed by atoms with Crippen molar-refractivity contribution in [3.63, 3.8) is 0 Å². The molecule has 146 valence electrons. The van der Waals surface area contributed by atoms with E-state index in [9.17, 15) is 20.0 Å². The van der Waals surface area contributed by atoms with Gasteiger partial charge in [-0.2, -0.15) is 10.1 Å². The highest BCUT2D eigenvalue weighted by atomic mass is 16.6. The fourth-order valence-corrected chi connectivity index (χ4v) is 2.94. The first-order chi connectivity index (χ1) is 13.3. The second-order valence-electron chi connectivity index (χ2n) is 6.30. The number of aliphatic hydroxyl groups is 1. The van der Waals surface area contributed by atoms with Gasteiger partial charge in [0.1, 0.15) is 11.5 Å². The number of non-ortho nitro benzene ring substituents is 1. The van der Waals surface area contributed by atoms with E-state index in [-0.39, 0.29) is 18.7 Å². The topological polar surface area (TPSA) is 114 Å². The number of nitro benzene ring substituents is 1. The highest BCUT2D eigenvalue weighted by Crippen LogP contribution is 2.36. The van der Waals surface area contributed by atoms with Gasteiger partial charge in [0.05, 0.1) is 12.0 Å². The van der Waals surface area contributed by atoms with E-state index in [1.807, 2.05) is 0 Å². The van der Waals surface area contributed by atoms with Crippen LogP contribution in [0.5, 0.6) is 11.5 Å². The van der Waals surface area contributed by atoms with Crippen LogP contribution < -0.4 is 9.47 Å². The van der Waals surface area contributed by atoms with Crippen LogP contribution >= 0.6 is 0 Å². The maximum Gasteiger partial charge on any atom is 0.283 e. The summed E-state index contributed by atoms with van der Waals surface area (Å²) in [4.78, 5) is 22.8. The van der Waals surface area contributed by atoms with E-state index in [2.05, 4.69) is 5.10 Å². The molecule has 2 aromatic carbocycles. The lowest BCUT2D eigenvalue weighted by Crippen LogP contribution is -2.45. The van der Waals surface area contributed by atoms with Crippen molar-refractivity contribution in [2.45, 2.75) is 19.1 Å². The van der Waals surface area contributed by atoms with Crippen LogP contribution in [-0.2, 0) is 10.5 Å². The molecule has 3 rings (SSSR count). The molecule has 1 amide bonds. The number of methoxy groups -OCH3 is 1. The summed E-state index contributed by atoms with van der Waals surface area (Å²) < 4.78 is 10.5. The number of hydrazone groups is 1. The number of nitrogens with zero attached hydrogens (tertiary/aromatic N) is 3. The molecule has 0 spiro atoms. The van der Waals surface area contributed by atoms with Crippen LogP contribution in [0, 0.1) is 10.1 Å². The van der Waals surface area contributed by atoms with Crippen molar-refractivity contribution in [3.8, 4) is 11.5 Å². The second-order valence-corrected chi connectivity index (χ2v) is 6.30. The molecule has 0 fully saturated rings. The first kappa shape index (κ1) is 19.3. The highest BCUT2D eigenvalue weighted by Gasteiger charge is 2.44. The van der Waals surface area contributed by atoms with Crippen LogP contribution in [0.1, 0.15) is 18.9 Å². The molecule has 0 aliphatic carbocycles. The van der Waals surface area contributed by atoms with Crippen LogP contribution in [0.4, 0.5) is 5.69 Å². The summed E-state index contributed by atoms with van der Waals surface area (Å²) in [5.41, 5.74) is -0.598. The summed E-state index contributed by atoms with van der Waals surface area (Å²) in [7, 11) is 1.54. The normalized spacial score (nSPS) is 18.5. The summed E-state index contributed by atoms with van der Waals surface area (Å²) >= 11 is 0. The van der Waals surface area contributed by atoms with Crippen LogP contribution in [0.3, 0.4) is 0 Å². The van der Waals surface area contributed by atoms with Gasteiger partial charge in [-0.05, 0) is 31.2 Å². The molecule has 1 aliphatic rings. The van der Waals surface area contributed by atoms with Crippen LogP contribution in [0.2, 0.25) is 0 Å². The maximum absolute atomic E-state index is 12.7. The lowest BCUT2D eigenvalue weighted by molar-refractivity contribution is -0.384. The predicted molar refractivity (Wildman–Crippen MR) is 100 cm³/mol. The number of nitro groups is 1. The quantitative estimate of drug-likeness (QED) is 0.603. The van der Waals surface area contributed by atoms with E-state index in [1.165, 1.54) is 31.4 Å². The molecule has 1 heterocycles. The minimum atomic E-state index is -1.62. The Bertz CT molecular complexity index is 910. The van der Waals surface area contributed by atoms with Gasteiger partial charge in [-0.25, -0.2) is 0 Å². The average molecular weight is 385 g/mol. The first-order valence-corrected chi connectivity index (χ1v) is 8.45. The zero-order valence-corrected chi connectivity index (χ0v) is 15.4. The molecule has 0 aromatic heterocycles. The Balaban J connectivity index is 1.73. The third kappa shape index (κ3) is 3.79. The van der Waals surface area contributed by atoms with Crippen molar-refractivity contribution in [3.05, 3.63) is 64.2 Å². The lowest BCUT2D eigenvalue weighted by Gasteiger charge is -2.31. The van der Waals surface area contributed by atoms with Gasteiger partial charge >= 0.3 is 0 Å². The molecule has 0 saturated carbocycles. The predicted octanol–water partition coefficient (Wildman–Crippen LogP) is 2.44. The van der Waals surface area contributed by atoms with Gasteiger partial charge in [0.15, 0.2) is 12.3 Å². The van der Waals surface area contributed by atoms with Gasteiger partial charge < -0.3 is 14.6 Å². The van der Waals surface area contributed by atoms with E-state index in [0.29, 0.717) is 22.8 Å². The SMILES string of the molecule is COc1ccc([C@]2(O)CC(C)=NN2C(=O)COc2ccc([N+](=O)[O-])cc2)cc1. The van der Waals surface area contributed by atoms with Crippen molar-refractivity contribution in [1.82, 2.24) is 5.01 Å². The molecule has 0 bridgehead atoms. The van der Waals surface area contributed by atoms with E-state index in [4.69, 9.17) is 9.47 Å². The summed E-state index contributed by atoms with van der Waals surface area (Å²) in [6, 6.07) is 12.1. The summed E-state index contributed by atoms with van der Waals surface area (Å²) in [6.45, 7) is 1.34. The monoisotopic (exact) mass is 385 g/mol. The Morgan fingerprint density at radius 2 is 1.82 bits per heavy atom. The molecule has 9 heteroatoms. The fourth-order valence-electron chi connectivity index (χ4n) is 2.94. The zero-order chi connectivity index (χ0) is 20.3. The van der Waals surface area contributed by atoms with Gasteiger partial charge in [-0.1, -0.05) is 12.1 Å². The molecule has 2 aromatic rings. The smallest absolute Gasteiger partial charge is 0.283 e. The molecule has 0 saturated heterocycles. The molecular formula is C19H19N3O6. The number of amides is 1. The van der Waals surface area contributed by atoms with E-state index >= 15 is 0 Å². The number of hydrogen-bond donors (Lipinski definition) is 1. The Labute approximate surface area is 160 Å². The van der Waals surface area contributed by atoms with E-state index in [0.717, 1.165) is 5.01 Å². The molecule has 1 N–H and O–H groups in total. The fraction of sp³-hybridized carbons (Fsp3) is 0.263. The third-order valence-corrected chi connectivity index (χ3v) is 4.32. The van der Waals surface area contributed by atoms with Gasteiger partial charge in [-0.15, -0.1) is 0 Å². The Kier molecular flexibility index (Phi) is 5.27. The number of rotatable bonds is 6. The van der Waals surface area contributed by atoms with Crippen molar-refractivity contribution in [1.29, 1.82) is 0 Å². The van der Waals surface area contributed by atoms with E-state index in [1.54, 1.807) is 31.2 Å². The zero-order valence-electron chi connectivity index (χ0n) is 15.4. The van der Waals surface area contributed by atoms with Crippen LogP contribution in [-0.4, -0.2) is 40.4 Å². The number of ether oxygens (including phenoxy) is 2. The molecule has 0 unspecified atom stereocenters. The first-order valence-electron chi connectivity index (χ1n) is 8.45. The van der Waals surface area contributed by atoms with Gasteiger partial charge in [0.2, 0.25) is 0 Å². The summed E-state index contributed by atoms with van der Waals surface area (Å²) in [5.74, 6) is 0.378. The molecule has 9 nitrogen and oxygen atoms in total. The second kappa shape index (κ2) is 7.65. The maximum atomic E-state index is 12.7. The van der Waals surface area contributed by atoms with Crippen molar-refractivity contribution >= 4 is 17.3 Å². The number of benzene rings is 2. The van der Waals surface area contributed by atoms with Crippen LogP contribution in [0.25, 0.3) is 0 Å². The highest BCUT2D eigenvalue weighted by molar-refractivity contribution is 5.89. The number of carbonyl (C=O) groups is 1. The van der Waals surface area contributed by atoms with Crippen molar-refractivity contribution < 1.29 is 24.3 Å². The Morgan fingerprint density at radius 1 is 1.21 bits per heavy atom. The van der Waals surface area contributed by atoms with Gasteiger partial charge in [-0.3, -0.25) is 14.9 Å². The molecular weight excluding hydrogens is 366 g/mol. The average Bonchev–Trinajstić information content (AvgIpc) is 3.02. The lowest BCUT2D eigenvalue weighted by atomic mass is 9.97. The van der Waals surface area contributed by atoms with Gasteiger partial charge in [0.25, 0.3) is 11.6 Å². The number of carbonyl (C=O) groups excluding carboxylic acids is 1. The third-order valence-electron chi connectivity index (χ3n) is 4.32. The molecule has 28 heavy (non-hydrogen) atoms. The van der Waals surface area contributed by atoms with E-state index < -0.39 is 16.6 Å². The van der Waals surface area contributed by atoms with Gasteiger partial charge in [0, 0.05) is 29.8 Å². The Morgan fingerprint density at radius 3 is 2.39 bits per heavy atom. The number of hydrogen-bond acceptors (Lipinski definition) is 7. The summed E-state index contributed by atoms with van der Waals surface area (Å²) in [5, 5.41) is 27.0. The summed E-state index contributed by atoms with van der Waals surface area (Å²) in [6.07, 6.45) is 0.169. The van der Waals surface area contributed by atoms with Crippen LogP contribution in [0.15, 0.2) is 53.6 Å².